The first kappa shape index (κ1) is 8.02. The van der Waals surface area contributed by atoms with Crippen molar-refractivity contribution in [2.24, 2.45) is 0 Å². The van der Waals surface area contributed by atoms with E-state index in [1.54, 1.807) is 0 Å². The lowest BCUT2D eigenvalue weighted by Crippen LogP contribution is -2.50. The van der Waals surface area contributed by atoms with Crippen molar-refractivity contribution in [1.82, 2.24) is 5.32 Å². The van der Waals surface area contributed by atoms with Gasteiger partial charge in [-0.3, -0.25) is 5.32 Å². The summed E-state index contributed by atoms with van der Waals surface area (Å²) in [6.07, 6.45) is 1.22. The summed E-state index contributed by atoms with van der Waals surface area (Å²) >= 11 is 0. The Morgan fingerprint density at radius 2 is 1.80 bits per heavy atom. The molecule has 0 aliphatic carbocycles. The van der Waals surface area contributed by atoms with Gasteiger partial charge in [0.25, 0.3) is 0 Å². The van der Waals surface area contributed by atoms with Crippen molar-refractivity contribution in [3.8, 4) is 0 Å². The van der Waals surface area contributed by atoms with E-state index >= 15 is 0 Å². The maximum absolute atomic E-state index is 3.51. The van der Waals surface area contributed by atoms with Gasteiger partial charge < -0.3 is 4.48 Å². The maximum Gasteiger partial charge on any atom is 0.168 e. The summed E-state index contributed by atoms with van der Waals surface area (Å²) in [5.74, 6) is 0. The van der Waals surface area contributed by atoms with E-state index in [-0.39, 0.29) is 0 Å². The Balaban J connectivity index is 2.69. The Kier molecular flexibility index (Phi) is 1.57. The average molecular weight is 143 g/mol. The average Bonchev–Trinajstić information content (AvgIpc) is 2.40. The van der Waals surface area contributed by atoms with Gasteiger partial charge in [0, 0.05) is 6.42 Å². The monoisotopic (exact) mass is 143 g/mol. The van der Waals surface area contributed by atoms with Crippen LogP contribution in [0.4, 0.5) is 0 Å². The lowest BCUT2D eigenvalue weighted by Gasteiger charge is -2.33. The zero-order chi connectivity index (χ0) is 7.99. The second kappa shape index (κ2) is 1.95. The van der Waals surface area contributed by atoms with Crippen LogP contribution in [0.3, 0.4) is 0 Å². The van der Waals surface area contributed by atoms with Crippen molar-refractivity contribution in [3.63, 3.8) is 0 Å². The Morgan fingerprint density at radius 3 is 1.80 bits per heavy atom. The van der Waals surface area contributed by atoms with Crippen molar-refractivity contribution in [1.29, 1.82) is 0 Å². The number of quaternary nitrogens is 1. The SMILES string of the molecule is CCC1([N+](C)(C)C)NC1C. The molecule has 10 heavy (non-hydrogen) atoms. The van der Waals surface area contributed by atoms with Gasteiger partial charge in [-0.05, 0) is 6.92 Å². The second-order valence-electron chi connectivity index (χ2n) is 4.16. The third kappa shape index (κ3) is 0.867. The number of nitrogens with zero attached hydrogens (tertiary/aromatic N) is 1. The zero-order valence-corrected chi connectivity index (χ0v) is 7.73. The summed E-state index contributed by atoms with van der Waals surface area (Å²) in [6.45, 7) is 4.51. The molecular formula is C8H19N2+. The molecule has 1 aliphatic heterocycles. The van der Waals surface area contributed by atoms with E-state index in [2.05, 4.69) is 40.3 Å². The van der Waals surface area contributed by atoms with E-state index in [9.17, 15) is 0 Å². The van der Waals surface area contributed by atoms with Gasteiger partial charge in [-0.2, -0.15) is 0 Å². The Labute approximate surface area is 63.8 Å². The van der Waals surface area contributed by atoms with Gasteiger partial charge in [0.1, 0.15) is 0 Å². The van der Waals surface area contributed by atoms with Crippen LogP contribution in [0.1, 0.15) is 20.3 Å². The first-order chi connectivity index (χ1) is 4.44. The first-order valence-corrected chi connectivity index (χ1v) is 4.03. The van der Waals surface area contributed by atoms with Crippen LogP contribution >= 0.6 is 0 Å². The summed E-state index contributed by atoms with van der Waals surface area (Å²) in [5, 5.41) is 3.51. The highest BCUT2D eigenvalue weighted by atomic mass is 15.5. The number of rotatable bonds is 2. The van der Waals surface area contributed by atoms with Gasteiger partial charge in [-0.25, -0.2) is 0 Å². The molecule has 0 saturated carbocycles. The van der Waals surface area contributed by atoms with Crippen LogP contribution in [-0.2, 0) is 0 Å². The van der Waals surface area contributed by atoms with Crippen LogP contribution in [0.15, 0.2) is 0 Å². The van der Waals surface area contributed by atoms with E-state index in [0.29, 0.717) is 11.7 Å². The van der Waals surface area contributed by atoms with Crippen LogP contribution < -0.4 is 5.32 Å². The van der Waals surface area contributed by atoms with Crippen molar-refractivity contribution >= 4 is 0 Å². The van der Waals surface area contributed by atoms with Crippen LogP contribution in [-0.4, -0.2) is 37.3 Å². The highest BCUT2D eigenvalue weighted by Crippen LogP contribution is 2.35. The molecule has 60 valence electrons. The van der Waals surface area contributed by atoms with Crippen LogP contribution in [0.5, 0.6) is 0 Å². The molecule has 2 unspecified atom stereocenters. The van der Waals surface area contributed by atoms with Gasteiger partial charge in [-0.1, -0.05) is 6.92 Å². The molecular weight excluding hydrogens is 124 g/mol. The lowest BCUT2D eigenvalue weighted by atomic mass is 10.1. The number of hydrogen-bond acceptors (Lipinski definition) is 1. The molecule has 0 aromatic heterocycles. The molecule has 2 heteroatoms. The zero-order valence-electron chi connectivity index (χ0n) is 7.73. The second-order valence-corrected chi connectivity index (χ2v) is 4.16. The van der Waals surface area contributed by atoms with E-state index in [0.717, 1.165) is 4.48 Å². The fraction of sp³-hybridized carbons (Fsp3) is 1.00. The molecule has 1 aliphatic rings. The minimum Gasteiger partial charge on any atom is -0.312 e. The Hall–Kier alpha value is -0.0800. The molecule has 0 spiro atoms. The van der Waals surface area contributed by atoms with Crippen molar-refractivity contribution < 1.29 is 4.48 Å². The van der Waals surface area contributed by atoms with Gasteiger partial charge >= 0.3 is 0 Å². The van der Waals surface area contributed by atoms with Crippen LogP contribution in [0.2, 0.25) is 0 Å². The van der Waals surface area contributed by atoms with E-state index in [1.807, 2.05) is 0 Å². The van der Waals surface area contributed by atoms with Crippen molar-refractivity contribution in [3.05, 3.63) is 0 Å². The number of likely N-dealkylation sites (N-methyl/N-ethyl adjacent to an activating group) is 1. The summed E-state index contributed by atoms with van der Waals surface area (Å²) in [7, 11) is 6.75. The first-order valence-electron chi connectivity index (χ1n) is 4.03. The number of hydrogen-bond donors (Lipinski definition) is 1. The molecule has 0 aromatic rings. The van der Waals surface area contributed by atoms with Gasteiger partial charge in [0.2, 0.25) is 0 Å². The molecule has 1 heterocycles. The standard InChI is InChI=1S/C8H19N2/c1-6-8(7(2)9-8)10(3,4)5/h7,9H,6H2,1-5H3/q+1. The lowest BCUT2D eigenvalue weighted by molar-refractivity contribution is -0.909. The van der Waals surface area contributed by atoms with E-state index < -0.39 is 0 Å². The molecule has 0 aromatic carbocycles. The molecule has 1 fully saturated rings. The molecule has 0 bridgehead atoms. The fourth-order valence-electron chi connectivity index (χ4n) is 1.99. The van der Waals surface area contributed by atoms with Gasteiger partial charge in [0.15, 0.2) is 5.66 Å². The smallest absolute Gasteiger partial charge is 0.168 e. The quantitative estimate of drug-likeness (QED) is 0.448. The summed E-state index contributed by atoms with van der Waals surface area (Å²) < 4.78 is 1.03. The molecule has 0 amide bonds. The van der Waals surface area contributed by atoms with Crippen molar-refractivity contribution in [2.75, 3.05) is 21.1 Å². The largest absolute Gasteiger partial charge is 0.312 e. The third-order valence-electron chi connectivity index (χ3n) is 2.84. The third-order valence-corrected chi connectivity index (χ3v) is 2.84. The predicted molar refractivity (Wildman–Crippen MR) is 43.7 cm³/mol. The van der Waals surface area contributed by atoms with Gasteiger partial charge in [-0.15, -0.1) is 0 Å². The fourth-order valence-corrected chi connectivity index (χ4v) is 1.99. The van der Waals surface area contributed by atoms with E-state index in [1.165, 1.54) is 6.42 Å². The topological polar surface area (TPSA) is 21.9 Å². The minimum atomic E-state index is 0.375. The summed E-state index contributed by atoms with van der Waals surface area (Å²) in [6, 6.07) is 0.692. The van der Waals surface area contributed by atoms with Gasteiger partial charge in [0.05, 0.1) is 27.2 Å². The molecule has 1 rings (SSSR count). The highest BCUT2D eigenvalue weighted by molar-refractivity contribution is 5.03. The molecule has 1 saturated heterocycles. The number of nitrogens with one attached hydrogen (secondary N) is 1. The summed E-state index contributed by atoms with van der Waals surface area (Å²) in [5.41, 5.74) is 0.375. The molecule has 1 N–H and O–H groups in total. The Bertz CT molecular complexity index is 133. The Morgan fingerprint density at radius 1 is 1.40 bits per heavy atom. The van der Waals surface area contributed by atoms with Crippen LogP contribution in [0, 0.1) is 0 Å². The summed E-state index contributed by atoms with van der Waals surface area (Å²) in [4.78, 5) is 0. The highest BCUT2D eigenvalue weighted by Gasteiger charge is 2.59. The molecule has 2 nitrogen and oxygen atoms in total. The van der Waals surface area contributed by atoms with E-state index in [4.69, 9.17) is 0 Å². The molecule has 2 atom stereocenters. The normalized spacial score (nSPS) is 39.9. The molecule has 0 radical (unpaired) electrons. The maximum atomic E-state index is 3.51. The minimum absolute atomic E-state index is 0.375. The van der Waals surface area contributed by atoms with Crippen LogP contribution in [0.25, 0.3) is 0 Å². The predicted octanol–water partition coefficient (Wildman–Crippen LogP) is 0.791. The van der Waals surface area contributed by atoms with Crippen molar-refractivity contribution in [2.45, 2.75) is 32.0 Å².